The van der Waals surface area contributed by atoms with Gasteiger partial charge in [-0.05, 0) is 12.1 Å². The molecule has 5 heteroatoms. The second-order valence-electron chi connectivity index (χ2n) is 4.69. The van der Waals surface area contributed by atoms with Crippen LogP contribution in [0, 0.1) is 10.1 Å². The molecule has 0 radical (unpaired) electrons. The number of para-hydroxylation sites is 1. The zero-order chi connectivity index (χ0) is 14.8. The van der Waals surface area contributed by atoms with Crippen molar-refractivity contribution in [1.29, 1.82) is 0 Å². The van der Waals surface area contributed by atoms with E-state index in [4.69, 9.17) is 4.74 Å². The molecule has 0 aliphatic rings. The number of non-ortho nitro benzene ring substituents is 1. The number of fused-ring (bicyclic) bond motifs is 3. The minimum Gasteiger partial charge on any atom is -0.357 e. The molecular formula is C16H14N2O3. The number of nitro groups is 1. The second-order valence-corrected chi connectivity index (χ2v) is 4.69. The van der Waals surface area contributed by atoms with Crippen molar-refractivity contribution in [2.45, 2.75) is 6.73 Å². The SMILES string of the molecule is C=CCOCn1c2ccccc2c2cc([N+](=O)[O-])ccc21. The van der Waals surface area contributed by atoms with Gasteiger partial charge in [-0.3, -0.25) is 10.1 Å². The van der Waals surface area contributed by atoms with Crippen molar-refractivity contribution in [1.82, 2.24) is 4.57 Å². The van der Waals surface area contributed by atoms with E-state index in [9.17, 15) is 10.1 Å². The third-order valence-electron chi connectivity index (χ3n) is 3.42. The number of aromatic nitrogens is 1. The zero-order valence-electron chi connectivity index (χ0n) is 11.4. The highest BCUT2D eigenvalue weighted by atomic mass is 16.6. The molecule has 0 atom stereocenters. The van der Waals surface area contributed by atoms with Gasteiger partial charge < -0.3 is 9.30 Å². The number of hydrogen-bond donors (Lipinski definition) is 0. The van der Waals surface area contributed by atoms with E-state index in [1.54, 1.807) is 18.2 Å². The van der Waals surface area contributed by atoms with Crippen molar-refractivity contribution in [3.05, 3.63) is 65.2 Å². The Morgan fingerprint density at radius 1 is 1.19 bits per heavy atom. The van der Waals surface area contributed by atoms with E-state index in [0.717, 1.165) is 21.8 Å². The predicted octanol–water partition coefficient (Wildman–Crippen LogP) is 3.86. The molecule has 3 aromatic rings. The van der Waals surface area contributed by atoms with Gasteiger partial charge in [-0.15, -0.1) is 6.58 Å². The van der Waals surface area contributed by atoms with Gasteiger partial charge >= 0.3 is 0 Å². The molecule has 106 valence electrons. The van der Waals surface area contributed by atoms with E-state index in [1.165, 1.54) is 6.07 Å². The average Bonchev–Trinajstić information content (AvgIpc) is 2.81. The van der Waals surface area contributed by atoms with Crippen LogP contribution in [0.3, 0.4) is 0 Å². The molecule has 1 aromatic heterocycles. The molecule has 0 bridgehead atoms. The molecular weight excluding hydrogens is 268 g/mol. The number of rotatable bonds is 5. The highest BCUT2D eigenvalue weighted by molar-refractivity contribution is 6.08. The Labute approximate surface area is 121 Å². The maximum absolute atomic E-state index is 11.0. The van der Waals surface area contributed by atoms with E-state index in [1.807, 2.05) is 28.8 Å². The lowest BCUT2D eigenvalue weighted by atomic mass is 10.1. The molecule has 2 aromatic carbocycles. The summed E-state index contributed by atoms with van der Waals surface area (Å²) in [5.41, 5.74) is 2.01. The third-order valence-corrected chi connectivity index (χ3v) is 3.42. The van der Waals surface area contributed by atoms with Crippen LogP contribution in [0.4, 0.5) is 5.69 Å². The van der Waals surface area contributed by atoms with Gasteiger partial charge in [-0.1, -0.05) is 24.3 Å². The Morgan fingerprint density at radius 2 is 1.95 bits per heavy atom. The smallest absolute Gasteiger partial charge is 0.270 e. The molecule has 0 saturated carbocycles. The molecule has 21 heavy (non-hydrogen) atoms. The number of nitro benzene ring substituents is 1. The van der Waals surface area contributed by atoms with Crippen LogP contribution in [0.15, 0.2) is 55.1 Å². The number of nitrogens with zero attached hydrogens (tertiary/aromatic N) is 2. The minimum absolute atomic E-state index is 0.0948. The van der Waals surface area contributed by atoms with Crippen LogP contribution < -0.4 is 0 Å². The fourth-order valence-corrected chi connectivity index (χ4v) is 2.52. The van der Waals surface area contributed by atoms with Crippen LogP contribution in [0.2, 0.25) is 0 Å². The molecule has 3 rings (SSSR count). The average molecular weight is 282 g/mol. The van der Waals surface area contributed by atoms with Crippen molar-refractivity contribution in [2.24, 2.45) is 0 Å². The maximum Gasteiger partial charge on any atom is 0.270 e. The van der Waals surface area contributed by atoms with Gasteiger partial charge in [0, 0.05) is 22.9 Å². The van der Waals surface area contributed by atoms with Crippen molar-refractivity contribution in [3.63, 3.8) is 0 Å². The van der Waals surface area contributed by atoms with E-state index < -0.39 is 0 Å². The minimum atomic E-state index is -0.375. The van der Waals surface area contributed by atoms with Gasteiger partial charge in [-0.2, -0.15) is 0 Å². The summed E-state index contributed by atoms with van der Waals surface area (Å²) in [6.07, 6.45) is 1.69. The summed E-state index contributed by atoms with van der Waals surface area (Å²) in [6.45, 7) is 4.47. The molecule has 0 unspecified atom stereocenters. The Bertz CT molecular complexity index is 836. The van der Waals surface area contributed by atoms with Crippen LogP contribution in [-0.2, 0) is 11.5 Å². The summed E-state index contributed by atoms with van der Waals surface area (Å²) in [4.78, 5) is 10.6. The highest BCUT2D eigenvalue weighted by Crippen LogP contribution is 2.31. The highest BCUT2D eigenvalue weighted by Gasteiger charge is 2.14. The fourth-order valence-electron chi connectivity index (χ4n) is 2.52. The van der Waals surface area contributed by atoms with Crippen molar-refractivity contribution >= 4 is 27.5 Å². The van der Waals surface area contributed by atoms with Gasteiger partial charge in [0.2, 0.25) is 0 Å². The predicted molar refractivity (Wildman–Crippen MR) is 82.2 cm³/mol. The van der Waals surface area contributed by atoms with E-state index in [2.05, 4.69) is 6.58 Å². The number of benzene rings is 2. The van der Waals surface area contributed by atoms with Crippen LogP contribution in [-0.4, -0.2) is 16.1 Å². The summed E-state index contributed by atoms with van der Waals surface area (Å²) in [7, 11) is 0. The first-order chi connectivity index (χ1) is 10.2. The standard InChI is InChI=1S/C16H14N2O3/c1-2-9-21-11-17-15-6-4-3-5-13(15)14-10-12(18(19)20)7-8-16(14)17/h2-8,10H,1,9,11H2. The maximum atomic E-state index is 11.0. The van der Waals surface area contributed by atoms with Crippen LogP contribution in [0.25, 0.3) is 21.8 Å². The van der Waals surface area contributed by atoms with Crippen molar-refractivity contribution < 1.29 is 9.66 Å². The topological polar surface area (TPSA) is 57.3 Å². The van der Waals surface area contributed by atoms with Gasteiger partial charge in [0.05, 0.1) is 22.6 Å². The summed E-state index contributed by atoms with van der Waals surface area (Å²) >= 11 is 0. The molecule has 0 saturated heterocycles. The second kappa shape index (κ2) is 5.38. The molecule has 0 amide bonds. The lowest BCUT2D eigenvalue weighted by Crippen LogP contribution is -2.02. The monoisotopic (exact) mass is 282 g/mol. The summed E-state index contributed by atoms with van der Waals surface area (Å²) in [5, 5.41) is 12.8. The Morgan fingerprint density at radius 3 is 2.71 bits per heavy atom. The zero-order valence-corrected chi connectivity index (χ0v) is 11.4. The summed E-state index contributed by atoms with van der Waals surface area (Å²) in [6, 6.07) is 12.7. The van der Waals surface area contributed by atoms with E-state index in [0.29, 0.717) is 13.3 Å². The Balaban J connectivity index is 2.23. The molecule has 5 nitrogen and oxygen atoms in total. The van der Waals surface area contributed by atoms with Crippen molar-refractivity contribution in [3.8, 4) is 0 Å². The van der Waals surface area contributed by atoms with Crippen LogP contribution >= 0.6 is 0 Å². The molecule has 0 spiro atoms. The Kier molecular flexibility index (Phi) is 3.41. The number of hydrogen-bond acceptors (Lipinski definition) is 3. The van der Waals surface area contributed by atoms with Gasteiger partial charge in [0.1, 0.15) is 6.73 Å². The molecule has 1 heterocycles. The molecule has 0 aliphatic heterocycles. The summed E-state index contributed by atoms with van der Waals surface area (Å²) in [5.74, 6) is 0. The van der Waals surface area contributed by atoms with Crippen LogP contribution in [0.5, 0.6) is 0 Å². The van der Waals surface area contributed by atoms with E-state index >= 15 is 0 Å². The molecule has 0 aliphatic carbocycles. The van der Waals surface area contributed by atoms with Crippen LogP contribution in [0.1, 0.15) is 0 Å². The Hall–Kier alpha value is -2.66. The normalized spacial score (nSPS) is 11.0. The van der Waals surface area contributed by atoms with E-state index in [-0.39, 0.29) is 10.6 Å². The van der Waals surface area contributed by atoms with Gasteiger partial charge in [0.25, 0.3) is 5.69 Å². The molecule has 0 fully saturated rings. The quantitative estimate of drug-likeness (QED) is 0.309. The first kappa shape index (κ1) is 13.3. The lowest BCUT2D eigenvalue weighted by molar-refractivity contribution is -0.384. The van der Waals surface area contributed by atoms with Gasteiger partial charge in [-0.25, -0.2) is 0 Å². The fraction of sp³-hybridized carbons (Fsp3) is 0.125. The van der Waals surface area contributed by atoms with Gasteiger partial charge in [0.15, 0.2) is 0 Å². The third kappa shape index (κ3) is 2.28. The lowest BCUT2D eigenvalue weighted by Gasteiger charge is -2.07. The largest absolute Gasteiger partial charge is 0.357 e. The molecule has 0 N–H and O–H groups in total. The van der Waals surface area contributed by atoms with Crippen molar-refractivity contribution in [2.75, 3.05) is 6.61 Å². The first-order valence-corrected chi connectivity index (χ1v) is 6.56. The first-order valence-electron chi connectivity index (χ1n) is 6.56. The summed E-state index contributed by atoms with van der Waals surface area (Å²) < 4.78 is 7.54. The number of ether oxygens (including phenoxy) is 1.